The molecule has 0 spiro atoms. The SMILES string of the molecule is Cc1ccccc1C(=O)Nc1ccc(S(=O)(=O)NC(C)C2CCN(C(=O)OC(C)(C)C)CC2)c(Cl)c1C. The van der Waals surface area contributed by atoms with E-state index in [-0.39, 0.29) is 33.9 Å². The molecule has 3 rings (SSSR count). The lowest BCUT2D eigenvalue weighted by molar-refractivity contribution is 0.0174. The predicted octanol–water partition coefficient (Wildman–Crippen LogP) is 5.52. The number of benzene rings is 2. The molecule has 1 unspecified atom stereocenters. The number of amides is 2. The van der Waals surface area contributed by atoms with Crippen LogP contribution < -0.4 is 10.0 Å². The summed E-state index contributed by atoms with van der Waals surface area (Å²) in [6.45, 7) is 11.8. The Bertz CT molecular complexity index is 1270. The molecule has 1 aliphatic rings. The number of halogens is 1. The van der Waals surface area contributed by atoms with Gasteiger partial charge in [-0.15, -0.1) is 0 Å². The number of likely N-dealkylation sites (tertiary alicyclic amines) is 1. The van der Waals surface area contributed by atoms with E-state index in [1.54, 1.807) is 30.0 Å². The van der Waals surface area contributed by atoms with Crippen LogP contribution in [0.4, 0.5) is 10.5 Å². The monoisotopic (exact) mass is 549 g/mol. The molecule has 2 aromatic rings. The van der Waals surface area contributed by atoms with Crippen LogP contribution in [0.5, 0.6) is 0 Å². The number of hydrogen-bond acceptors (Lipinski definition) is 5. The number of piperidine rings is 1. The largest absolute Gasteiger partial charge is 0.444 e. The minimum absolute atomic E-state index is 0.0430. The second-order valence-electron chi connectivity index (χ2n) is 10.5. The average Bonchev–Trinajstić information content (AvgIpc) is 2.81. The second kappa shape index (κ2) is 11.4. The lowest BCUT2D eigenvalue weighted by atomic mass is 9.91. The van der Waals surface area contributed by atoms with Gasteiger partial charge in [0.2, 0.25) is 10.0 Å². The van der Waals surface area contributed by atoms with E-state index in [4.69, 9.17) is 16.3 Å². The number of nitrogens with one attached hydrogen (secondary N) is 2. The van der Waals surface area contributed by atoms with Crippen LogP contribution in [-0.2, 0) is 14.8 Å². The van der Waals surface area contributed by atoms with Crippen LogP contribution in [0, 0.1) is 19.8 Å². The Hall–Kier alpha value is -2.62. The molecule has 1 fully saturated rings. The molecule has 0 aliphatic carbocycles. The van der Waals surface area contributed by atoms with E-state index in [1.165, 1.54) is 6.07 Å². The summed E-state index contributed by atoms with van der Waals surface area (Å²) < 4.78 is 34.6. The Morgan fingerprint density at radius 3 is 2.30 bits per heavy atom. The minimum atomic E-state index is -3.92. The predicted molar refractivity (Wildman–Crippen MR) is 146 cm³/mol. The normalized spacial score (nSPS) is 15.8. The minimum Gasteiger partial charge on any atom is -0.444 e. The summed E-state index contributed by atoms with van der Waals surface area (Å²) in [5.74, 6) is -0.238. The summed E-state index contributed by atoms with van der Waals surface area (Å²) in [7, 11) is -3.92. The summed E-state index contributed by atoms with van der Waals surface area (Å²) in [6, 6.07) is 9.81. The van der Waals surface area contributed by atoms with Gasteiger partial charge in [0.1, 0.15) is 10.5 Å². The van der Waals surface area contributed by atoms with E-state index in [2.05, 4.69) is 10.0 Å². The lowest BCUT2D eigenvalue weighted by Crippen LogP contribution is -2.46. The fourth-order valence-electron chi connectivity index (χ4n) is 4.33. The summed E-state index contributed by atoms with van der Waals surface area (Å²) >= 11 is 6.49. The van der Waals surface area contributed by atoms with Crippen molar-refractivity contribution in [3.8, 4) is 0 Å². The van der Waals surface area contributed by atoms with Gasteiger partial charge >= 0.3 is 6.09 Å². The highest BCUT2D eigenvalue weighted by Gasteiger charge is 2.32. The number of anilines is 1. The van der Waals surface area contributed by atoms with Crippen molar-refractivity contribution in [3.63, 3.8) is 0 Å². The van der Waals surface area contributed by atoms with Gasteiger partial charge < -0.3 is 15.0 Å². The van der Waals surface area contributed by atoms with Crippen molar-refractivity contribution in [1.29, 1.82) is 0 Å². The van der Waals surface area contributed by atoms with Crippen molar-refractivity contribution < 1.29 is 22.7 Å². The number of carbonyl (C=O) groups is 2. The maximum Gasteiger partial charge on any atom is 0.410 e. The molecular weight excluding hydrogens is 514 g/mol. The molecule has 10 heteroatoms. The Labute approximate surface area is 224 Å². The van der Waals surface area contributed by atoms with E-state index in [9.17, 15) is 18.0 Å². The molecule has 2 aromatic carbocycles. The number of sulfonamides is 1. The Morgan fingerprint density at radius 2 is 1.70 bits per heavy atom. The quantitative estimate of drug-likeness (QED) is 0.493. The van der Waals surface area contributed by atoms with Gasteiger partial charge in [-0.25, -0.2) is 17.9 Å². The van der Waals surface area contributed by atoms with Crippen LogP contribution in [0.1, 0.15) is 62.0 Å². The molecule has 2 amide bonds. The van der Waals surface area contributed by atoms with Gasteiger partial charge in [-0.05, 0) is 89.6 Å². The zero-order valence-corrected chi connectivity index (χ0v) is 23.8. The van der Waals surface area contributed by atoms with E-state index in [0.717, 1.165) is 5.56 Å². The topological polar surface area (TPSA) is 105 Å². The standard InChI is InChI=1S/C27H36ClN3O5S/c1-17-9-7-8-10-21(17)25(32)29-22-11-12-23(24(28)18(22)2)37(34,35)30-19(3)20-13-15-31(16-14-20)26(33)36-27(4,5)6/h7-12,19-20,30H,13-16H2,1-6H3,(H,29,32). The number of aryl methyl sites for hydroxylation is 1. The molecule has 0 saturated carbocycles. The number of hydrogen-bond donors (Lipinski definition) is 2. The van der Waals surface area contributed by atoms with Crippen LogP contribution in [0.15, 0.2) is 41.3 Å². The fraction of sp³-hybridized carbons (Fsp3) is 0.481. The summed E-state index contributed by atoms with van der Waals surface area (Å²) in [5, 5.41) is 2.88. The third-order valence-corrected chi connectivity index (χ3v) is 8.72. The molecule has 37 heavy (non-hydrogen) atoms. The van der Waals surface area contributed by atoms with Gasteiger partial charge in [0, 0.05) is 30.4 Å². The first-order chi connectivity index (χ1) is 17.2. The highest BCUT2D eigenvalue weighted by molar-refractivity contribution is 7.89. The summed E-state index contributed by atoms with van der Waals surface area (Å²) in [4.78, 5) is 26.7. The van der Waals surface area contributed by atoms with E-state index in [1.807, 2.05) is 46.8 Å². The summed E-state index contributed by atoms with van der Waals surface area (Å²) in [5.41, 5.74) is 1.71. The van der Waals surface area contributed by atoms with E-state index in [0.29, 0.717) is 42.7 Å². The third kappa shape index (κ3) is 7.24. The maximum absolute atomic E-state index is 13.2. The molecule has 1 saturated heterocycles. The van der Waals surface area contributed by atoms with Gasteiger partial charge in [0.15, 0.2) is 0 Å². The van der Waals surface area contributed by atoms with Crippen molar-refractivity contribution in [2.75, 3.05) is 18.4 Å². The third-order valence-electron chi connectivity index (χ3n) is 6.52. The van der Waals surface area contributed by atoms with Crippen molar-refractivity contribution in [1.82, 2.24) is 9.62 Å². The number of nitrogens with zero attached hydrogens (tertiary/aromatic N) is 1. The first kappa shape index (κ1) is 28.9. The number of ether oxygens (including phenoxy) is 1. The Balaban J connectivity index is 1.66. The van der Waals surface area contributed by atoms with Crippen LogP contribution in [0.3, 0.4) is 0 Å². The molecule has 202 valence electrons. The van der Waals surface area contributed by atoms with Crippen molar-refractivity contribution in [2.24, 2.45) is 5.92 Å². The van der Waals surface area contributed by atoms with E-state index >= 15 is 0 Å². The smallest absolute Gasteiger partial charge is 0.410 e. The van der Waals surface area contributed by atoms with Crippen molar-refractivity contribution in [2.45, 2.75) is 70.9 Å². The molecule has 8 nitrogen and oxygen atoms in total. The molecule has 1 aliphatic heterocycles. The van der Waals surface area contributed by atoms with Crippen molar-refractivity contribution >= 4 is 39.3 Å². The van der Waals surface area contributed by atoms with Crippen LogP contribution >= 0.6 is 11.6 Å². The van der Waals surface area contributed by atoms with Crippen LogP contribution in [0.25, 0.3) is 0 Å². The van der Waals surface area contributed by atoms with Gasteiger partial charge in [0.25, 0.3) is 5.91 Å². The van der Waals surface area contributed by atoms with Crippen LogP contribution in [0.2, 0.25) is 5.02 Å². The summed E-state index contributed by atoms with van der Waals surface area (Å²) in [6.07, 6.45) is 0.954. The molecular formula is C27H36ClN3O5S. The second-order valence-corrected chi connectivity index (χ2v) is 12.6. The highest BCUT2D eigenvalue weighted by Crippen LogP contribution is 2.32. The molecule has 1 atom stereocenters. The molecule has 0 aromatic heterocycles. The highest BCUT2D eigenvalue weighted by atomic mass is 35.5. The lowest BCUT2D eigenvalue weighted by Gasteiger charge is -2.35. The zero-order valence-electron chi connectivity index (χ0n) is 22.2. The van der Waals surface area contributed by atoms with Gasteiger partial charge in [-0.3, -0.25) is 4.79 Å². The molecule has 0 bridgehead atoms. The first-order valence-electron chi connectivity index (χ1n) is 12.4. The molecule has 1 heterocycles. The Morgan fingerprint density at radius 1 is 1.08 bits per heavy atom. The van der Waals surface area contributed by atoms with Crippen molar-refractivity contribution in [3.05, 3.63) is 58.1 Å². The van der Waals surface area contributed by atoms with Gasteiger partial charge in [0.05, 0.1) is 5.02 Å². The van der Waals surface area contributed by atoms with E-state index < -0.39 is 15.6 Å². The first-order valence-corrected chi connectivity index (χ1v) is 14.2. The maximum atomic E-state index is 13.2. The number of carbonyl (C=O) groups excluding carboxylic acids is 2. The zero-order chi connectivity index (χ0) is 27.5. The molecule has 2 N–H and O–H groups in total. The van der Waals surface area contributed by atoms with Gasteiger partial charge in [-0.1, -0.05) is 29.8 Å². The Kier molecular flexibility index (Phi) is 8.93. The number of rotatable bonds is 6. The van der Waals surface area contributed by atoms with Gasteiger partial charge in [-0.2, -0.15) is 0 Å². The average molecular weight is 550 g/mol. The van der Waals surface area contributed by atoms with Crippen LogP contribution in [-0.4, -0.2) is 50.1 Å². The fourth-order valence-corrected chi connectivity index (χ4v) is 6.25. The molecule has 0 radical (unpaired) electrons.